The molecule has 1 aliphatic carbocycles. The van der Waals surface area contributed by atoms with E-state index >= 15 is 0 Å². The van der Waals surface area contributed by atoms with Crippen molar-refractivity contribution in [3.8, 4) is 0 Å². The van der Waals surface area contributed by atoms with Crippen molar-refractivity contribution >= 4 is 21.7 Å². The third kappa shape index (κ3) is 3.12. The fraction of sp³-hybridized carbons (Fsp3) is 0.545. The molecule has 0 bridgehead atoms. The van der Waals surface area contributed by atoms with Crippen LogP contribution >= 0.6 is 15.9 Å². The molecule has 1 heterocycles. The molecule has 2 nitrogen and oxygen atoms in total. The summed E-state index contributed by atoms with van der Waals surface area (Å²) in [5.74, 6) is 0.625. The highest BCUT2D eigenvalue weighted by atomic mass is 79.9. The summed E-state index contributed by atoms with van der Waals surface area (Å²) in [6, 6.07) is 2.98. The molecule has 1 fully saturated rings. The van der Waals surface area contributed by atoms with Crippen molar-refractivity contribution in [3.05, 3.63) is 23.9 Å². The molecular formula is C11H12BrF3N2. The van der Waals surface area contributed by atoms with E-state index in [1.54, 1.807) is 0 Å². The molecule has 1 saturated carbocycles. The summed E-state index contributed by atoms with van der Waals surface area (Å²) in [5, 5.41) is 0.784. The first-order chi connectivity index (χ1) is 8.02. The SMILES string of the molecule is FC(F)(F)c1ccc(N(CCBr)C2CC2)nc1. The van der Waals surface area contributed by atoms with Crippen molar-refractivity contribution in [2.24, 2.45) is 0 Å². The molecular weight excluding hydrogens is 297 g/mol. The van der Waals surface area contributed by atoms with E-state index in [9.17, 15) is 13.2 Å². The Hall–Kier alpha value is -0.780. The fourth-order valence-corrected chi connectivity index (χ4v) is 2.07. The van der Waals surface area contributed by atoms with Crippen LogP contribution in [-0.2, 0) is 6.18 Å². The van der Waals surface area contributed by atoms with Crippen molar-refractivity contribution in [1.82, 2.24) is 4.98 Å². The molecule has 1 aromatic rings. The maximum atomic E-state index is 12.4. The number of alkyl halides is 4. The molecule has 0 atom stereocenters. The van der Waals surface area contributed by atoms with Gasteiger partial charge in [0.15, 0.2) is 0 Å². The van der Waals surface area contributed by atoms with E-state index in [4.69, 9.17) is 0 Å². The fourth-order valence-electron chi connectivity index (χ4n) is 1.69. The van der Waals surface area contributed by atoms with Gasteiger partial charge in [-0.05, 0) is 25.0 Å². The van der Waals surface area contributed by atoms with Crippen LogP contribution in [0, 0.1) is 0 Å². The molecule has 17 heavy (non-hydrogen) atoms. The first kappa shape index (κ1) is 12.7. The Bertz CT molecular complexity index is 373. The van der Waals surface area contributed by atoms with Crippen molar-refractivity contribution in [2.75, 3.05) is 16.8 Å². The summed E-state index contributed by atoms with van der Waals surface area (Å²) >= 11 is 3.34. The van der Waals surface area contributed by atoms with E-state index in [1.165, 1.54) is 6.07 Å². The van der Waals surface area contributed by atoms with Crippen molar-refractivity contribution in [1.29, 1.82) is 0 Å². The summed E-state index contributed by atoms with van der Waals surface area (Å²) in [4.78, 5) is 5.96. The van der Waals surface area contributed by atoms with Gasteiger partial charge >= 0.3 is 6.18 Å². The lowest BCUT2D eigenvalue weighted by atomic mass is 10.2. The average Bonchev–Trinajstić information content (AvgIpc) is 3.09. The van der Waals surface area contributed by atoms with E-state index in [0.717, 1.165) is 37.0 Å². The summed E-state index contributed by atoms with van der Waals surface area (Å²) in [6.07, 6.45) is -1.23. The first-order valence-electron chi connectivity index (χ1n) is 5.38. The van der Waals surface area contributed by atoms with E-state index in [2.05, 4.69) is 25.8 Å². The van der Waals surface area contributed by atoms with Gasteiger partial charge in [-0.3, -0.25) is 0 Å². The van der Waals surface area contributed by atoms with Gasteiger partial charge in [0.05, 0.1) is 5.56 Å². The van der Waals surface area contributed by atoms with Gasteiger partial charge in [0.1, 0.15) is 5.82 Å². The predicted molar refractivity (Wildman–Crippen MR) is 63.4 cm³/mol. The molecule has 0 aromatic carbocycles. The van der Waals surface area contributed by atoms with Gasteiger partial charge in [0.2, 0.25) is 0 Å². The molecule has 0 aliphatic heterocycles. The number of halogens is 4. The zero-order chi connectivity index (χ0) is 12.5. The maximum absolute atomic E-state index is 12.4. The van der Waals surface area contributed by atoms with Crippen LogP contribution in [0.3, 0.4) is 0 Å². The third-order valence-electron chi connectivity index (χ3n) is 2.68. The maximum Gasteiger partial charge on any atom is 0.417 e. The summed E-state index contributed by atoms with van der Waals surface area (Å²) in [5.41, 5.74) is -0.698. The van der Waals surface area contributed by atoms with Crippen LogP contribution in [0.1, 0.15) is 18.4 Å². The molecule has 1 aromatic heterocycles. The minimum atomic E-state index is -4.31. The van der Waals surface area contributed by atoms with E-state index in [1.807, 2.05) is 0 Å². The van der Waals surface area contributed by atoms with E-state index < -0.39 is 11.7 Å². The predicted octanol–water partition coefficient (Wildman–Crippen LogP) is 3.46. The molecule has 0 N–H and O–H groups in total. The van der Waals surface area contributed by atoms with Crippen molar-refractivity contribution in [2.45, 2.75) is 25.1 Å². The average molecular weight is 309 g/mol. The van der Waals surface area contributed by atoms with E-state index in [0.29, 0.717) is 11.9 Å². The Morgan fingerprint density at radius 3 is 2.47 bits per heavy atom. The Morgan fingerprint density at radius 2 is 2.06 bits per heavy atom. The first-order valence-corrected chi connectivity index (χ1v) is 6.50. The van der Waals surface area contributed by atoms with E-state index in [-0.39, 0.29) is 0 Å². The molecule has 0 unspecified atom stereocenters. The van der Waals surface area contributed by atoms with Crippen LogP contribution in [0.2, 0.25) is 0 Å². The van der Waals surface area contributed by atoms with Gasteiger partial charge in [-0.2, -0.15) is 13.2 Å². The van der Waals surface area contributed by atoms with Crippen molar-refractivity contribution in [3.63, 3.8) is 0 Å². The number of hydrogen-bond donors (Lipinski definition) is 0. The topological polar surface area (TPSA) is 16.1 Å². The molecule has 0 spiro atoms. The number of anilines is 1. The number of hydrogen-bond acceptors (Lipinski definition) is 2. The third-order valence-corrected chi connectivity index (χ3v) is 3.04. The highest BCUT2D eigenvalue weighted by Gasteiger charge is 2.32. The molecule has 0 saturated heterocycles. The second-order valence-corrected chi connectivity index (χ2v) is 4.81. The van der Waals surface area contributed by atoms with Crippen molar-refractivity contribution < 1.29 is 13.2 Å². The number of nitrogens with zero attached hydrogens (tertiary/aromatic N) is 2. The van der Waals surface area contributed by atoms with Crippen LogP contribution in [-0.4, -0.2) is 22.9 Å². The second-order valence-electron chi connectivity index (χ2n) is 4.02. The highest BCUT2D eigenvalue weighted by Crippen LogP contribution is 2.33. The van der Waals surface area contributed by atoms with Gasteiger partial charge in [0.25, 0.3) is 0 Å². The lowest BCUT2D eigenvalue weighted by Gasteiger charge is -2.22. The number of pyridine rings is 1. The van der Waals surface area contributed by atoms with Crippen LogP contribution in [0.25, 0.3) is 0 Å². The summed E-state index contributed by atoms with van der Waals surface area (Å²) < 4.78 is 37.1. The Morgan fingerprint density at radius 1 is 1.35 bits per heavy atom. The minimum Gasteiger partial charge on any atom is -0.353 e. The standard InChI is InChI=1S/C11H12BrF3N2/c12-5-6-17(9-2-3-9)10-4-1-8(7-16-10)11(13,14)15/h1,4,7,9H,2-3,5-6H2. The zero-order valence-corrected chi connectivity index (χ0v) is 10.6. The normalized spacial score (nSPS) is 16.0. The number of rotatable bonds is 4. The minimum absolute atomic E-state index is 0.441. The second kappa shape index (κ2) is 4.84. The summed E-state index contributed by atoms with van der Waals surface area (Å²) in [6.45, 7) is 0.767. The van der Waals surface area contributed by atoms with Crippen LogP contribution in [0.5, 0.6) is 0 Å². The molecule has 0 radical (unpaired) electrons. The zero-order valence-electron chi connectivity index (χ0n) is 9.04. The van der Waals surface area contributed by atoms with Crippen LogP contribution < -0.4 is 4.90 Å². The largest absolute Gasteiger partial charge is 0.417 e. The lowest BCUT2D eigenvalue weighted by Crippen LogP contribution is -2.28. The molecule has 2 rings (SSSR count). The Kier molecular flexibility index (Phi) is 3.61. The van der Waals surface area contributed by atoms with Gasteiger partial charge in [-0.1, -0.05) is 15.9 Å². The Labute approximate surface area is 106 Å². The van der Waals surface area contributed by atoms with Gasteiger partial charge in [-0.25, -0.2) is 4.98 Å². The monoisotopic (exact) mass is 308 g/mol. The molecule has 94 valence electrons. The highest BCUT2D eigenvalue weighted by molar-refractivity contribution is 9.09. The number of aromatic nitrogens is 1. The van der Waals surface area contributed by atoms with Crippen LogP contribution in [0.15, 0.2) is 18.3 Å². The Balaban J connectivity index is 2.15. The molecule has 1 aliphatic rings. The quantitative estimate of drug-likeness (QED) is 0.792. The lowest BCUT2D eigenvalue weighted by molar-refractivity contribution is -0.137. The van der Waals surface area contributed by atoms with Gasteiger partial charge in [-0.15, -0.1) is 0 Å². The molecule has 0 amide bonds. The summed E-state index contributed by atoms with van der Waals surface area (Å²) in [7, 11) is 0. The van der Waals surface area contributed by atoms with Gasteiger partial charge in [0, 0.05) is 24.1 Å². The smallest absolute Gasteiger partial charge is 0.353 e. The van der Waals surface area contributed by atoms with Crippen LogP contribution in [0.4, 0.5) is 19.0 Å². The molecule has 6 heteroatoms. The van der Waals surface area contributed by atoms with Gasteiger partial charge < -0.3 is 4.90 Å².